The lowest BCUT2D eigenvalue weighted by molar-refractivity contribution is -0.148. The van der Waals surface area contributed by atoms with Gasteiger partial charge >= 0.3 is 18.0 Å². The van der Waals surface area contributed by atoms with E-state index in [4.69, 9.17) is 4.74 Å². The molecule has 1 atom stereocenters. The van der Waals surface area contributed by atoms with Gasteiger partial charge in [0, 0.05) is 11.6 Å². The summed E-state index contributed by atoms with van der Waals surface area (Å²) in [6, 6.07) is 7.50. The summed E-state index contributed by atoms with van der Waals surface area (Å²) in [5.41, 5.74) is -3.00. The van der Waals surface area contributed by atoms with E-state index in [0.29, 0.717) is 6.07 Å². The van der Waals surface area contributed by atoms with Crippen LogP contribution in [0.1, 0.15) is 5.56 Å². The van der Waals surface area contributed by atoms with Crippen LogP contribution in [-0.4, -0.2) is 53.2 Å². The van der Waals surface area contributed by atoms with Gasteiger partial charge < -0.3 is 9.84 Å². The van der Waals surface area contributed by atoms with Gasteiger partial charge in [0.25, 0.3) is 0 Å². The second-order valence-corrected chi connectivity index (χ2v) is 8.05. The van der Waals surface area contributed by atoms with E-state index in [2.05, 4.69) is 15.2 Å². The minimum atomic E-state index is -4.33. The fraction of sp³-hybridized carbons (Fsp3) is 0.273. The largest absolute Gasteiger partial charge is 0.487 e. The van der Waals surface area contributed by atoms with Crippen molar-refractivity contribution in [2.24, 2.45) is 0 Å². The van der Waals surface area contributed by atoms with E-state index in [9.17, 15) is 36.2 Å². The van der Waals surface area contributed by atoms with E-state index < -0.39 is 48.4 Å². The maximum atomic E-state index is 14.6. The van der Waals surface area contributed by atoms with Crippen LogP contribution in [0.5, 0.6) is 5.75 Å². The van der Waals surface area contributed by atoms with Crippen LogP contribution in [0, 0.1) is 11.6 Å². The highest BCUT2D eigenvalue weighted by Gasteiger charge is 2.41. The smallest absolute Gasteiger partial charge is 0.350 e. The molecule has 0 unspecified atom stereocenters. The van der Waals surface area contributed by atoms with E-state index in [1.165, 1.54) is 41.6 Å². The fourth-order valence-electron chi connectivity index (χ4n) is 3.50. The first-order valence-corrected chi connectivity index (χ1v) is 10.5. The average molecular weight is 528 g/mol. The molecule has 0 saturated heterocycles. The molecule has 0 aliphatic carbocycles. The molecule has 2 heterocycles. The van der Waals surface area contributed by atoms with Gasteiger partial charge in [-0.25, -0.2) is 32.0 Å². The highest BCUT2D eigenvalue weighted by molar-refractivity contribution is 5.36. The molecule has 0 saturated carbocycles. The van der Waals surface area contributed by atoms with Gasteiger partial charge in [-0.2, -0.15) is 23.7 Å². The van der Waals surface area contributed by atoms with Gasteiger partial charge in [-0.05, 0) is 30.3 Å². The molecule has 196 valence electrons. The molecule has 0 bridgehead atoms. The van der Waals surface area contributed by atoms with Gasteiger partial charge in [-0.15, -0.1) is 0 Å². The Morgan fingerprint density at radius 3 is 2.35 bits per heavy atom. The van der Waals surface area contributed by atoms with E-state index in [0.717, 1.165) is 27.7 Å². The van der Waals surface area contributed by atoms with E-state index >= 15 is 0 Å². The Labute approximate surface area is 204 Å². The molecular formula is C22H18F6N6O3. The van der Waals surface area contributed by atoms with Crippen molar-refractivity contribution >= 4 is 0 Å². The number of aromatic nitrogens is 6. The summed E-state index contributed by atoms with van der Waals surface area (Å²) in [6.07, 6.45) is -0.364. The van der Waals surface area contributed by atoms with Crippen LogP contribution in [0.4, 0.5) is 26.3 Å². The molecular weight excluding hydrogens is 510 g/mol. The number of halogens is 6. The van der Waals surface area contributed by atoms with Gasteiger partial charge in [0.2, 0.25) is 0 Å². The number of aliphatic hydroxyl groups is 1. The predicted molar refractivity (Wildman–Crippen MR) is 115 cm³/mol. The predicted octanol–water partition coefficient (Wildman–Crippen LogP) is 2.77. The van der Waals surface area contributed by atoms with Crippen molar-refractivity contribution in [1.82, 2.24) is 29.1 Å². The molecule has 0 aliphatic rings. The maximum absolute atomic E-state index is 14.6. The summed E-state index contributed by atoms with van der Waals surface area (Å²) in [5, 5.41) is 19.2. The average Bonchev–Trinajstić information content (AvgIpc) is 3.47. The molecule has 1 N–H and O–H groups in total. The van der Waals surface area contributed by atoms with Crippen molar-refractivity contribution in [3.8, 4) is 11.4 Å². The molecule has 15 heteroatoms. The van der Waals surface area contributed by atoms with Crippen molar-refractivity contribution in [3.05, 3.63) is 89.1 Å². The van der Waals surface area contributed by atoms with E-state index in [-0.39, 0.29) is 23.5 Å². The second-order valence-electron chi connectivity index (χ2n) is 8.05. The van der Waals surface area contributed by atoms with Crippen LogP contribution < -0.4 is 10.4 Å². The minimum absolute atomic E-state index is 0.148. The molecule has 2 aromatic carbocycles. The number of alkyl halides is 4. The Hall–Kier alpha value is -4.14. The SMILES string of the molecule is O=c1n(C[C@](O)(Cn2cncn2)c2ccc(F)cc2F)cnn1-c1ccc(OCC(F)(F)C(F)F)cc1. The maximum Gasteiger partial charge on any atom is 0.350 e. The molecule has 4 aromatic rings. The summed E-state index contributed by atoms with van der Waals surface area (Å²) in [5.74, 6) is -6.39. The third-order valence-corrected chi connectivity index (χ3v) is 5.32. The third-order valence-electron chi connectivity index (χ3n) is 5.32. The Kier molecular flexibility index (Phi) is 7.07. The highest BCUT2D eigenvalue weighted by atomic mass is 19.3. The normalized spacial score (nSPS) is 13.6. The molecule has 0 amide bonds. The number of hydrogen-bond donors (Lipinski definition) is 1. The van der Waals surface area contributed by atoms with Gasteiger partial charge in [-0.3, -0.25) is 4.57 Å². The number of nitrogens with zero attached hydrogens (tertiary/aromatic N) is 6. The first-order valence-electron chi connectivity index (χ1n) is 10.5. The quantitative estimate of drug-likeness (QED) is 0.318. The summed E-state index contributed by atoms with van der Waals surface area (Å²) in [4.78, 5) is 16.7. The van der Waals surface area contributed by atoms with Crippen LogP contribution in [0.3, 0.4) is 0 Å². The van der Waals surface area contributed by atoms with Crippen LogP contribution in [0.25, 0.3) is 5.69 Å². The van der Waals surface area contributed by atoms with Crippen LogP contribution in [-0.2, 0) is 18.7 Å². The lowest BCUT2D eigenvalue weighted by Gasteiger charge is -2.28. The van der Waals surface area contributed by atoms with Gasteiger partial charge in [-0.1, -0.05) is 6.07 Å². The van der Waals surface area contributed by atoms with Gasteiger partial charge in [0.15, 0.2) is 6.61 Å². The van der Waals surface area contributed by atoms with Crippen LogP contribution >= 0.6 is 0 Å². The number of ether oxygens (including phenoxy) is 1. The summed E-state index contributed by atoms with van der Waals surface area (Å²) in [6.45, 7) is -2.40. The molecule has 0 fully saturated rings. The Morgan fingerprint density at radius 1 is 1.00 bits per heavy atom. The Morgan fingerprint density at radius 2 is 1.73 bits per heavy atom. The second kappa shape index (κ2) is 10.1. The Bertz CT molecular complexity index is 1410. The van der Waals surface area contributed by atoms with Crippen molar-refractivity contribution in [1.29, 1.82) is 0 Å². The first-order chi connectivity index (χ1) is 17.5. The molecule has 4 rings (SSSR count). The molecule has 9 nitrogen and oxygen atoms in total. The van der Waals surface area contributed by atoms with Crippen molar-refractivity contribution in [2.75, 3.05) is 6.61 Å². The standard InChI is InChI=1S/C22H18F6N6O3/c23-14-1-6-17(18(24)7-14)21(36,9-33-12-29-11-30-33)8-32-13-31-34(20(32)35)15-2-4-16(5-3-15)37-10-22(27,28)19(25)26/h1-7,11-13,19,36H,8-10H2/t21-/m0/s1. The van der Waals surface area contributed by atoms with E-state index in [1.807, 2.05) is 0 Å². The van der Waals surface area contributed by atoms with Crippen LogP contribution in [0.2, 0.25) is 0 Å². The molecule has 0 aliphatic heterocycles. The molecule has 0 spiro atoms. The minimum Gasteiger partial charge on any atom is -0.487 e. The zero-order chi connectivity index (χ0) is 26.8. The lowest BCUT2D eigenvalue weighted by Crippen LogP contribution is -2.40. The zero-order valence-corrected chi connectivity index (χ0v) is 18.7. The van der Waals surface area contributed by atoms with E-state index in [1.54, 1.807) is 0 Å². The number of benzene rings is 2. The molecule has 37 heavy (non-hydrogen) atoms. The zero-order valence-electron chi connectivity index (χ0n) is 18.7. The summed E-state index contributed by atoms with van der Waals surface area (Å²) in [7, 11) is 0. The number of hydrogen-bond acceptors (Lipinski definition) is 6. The Balaban J connectivity index is 1.58. The summed E-state index contributed by atoms with van der Waals surface area (Å²) < 4.78 is 86.5. The fourth-order valence-corrected chi connectivity index (χ4v) is 3.50. The first kappa shape index (κ1) is 25.9. The molecule has 0 radical (unpaired) electrons. The third kappa shape index (κ3) is 5.66. The lowest BCUT2D eigenvalue weighted by atomic mass is 9.92. The monoisotopic (exact) mass is 528 g/mol. The van der Waals surface area contributed by atoms with Crippen molar-refractivity contribution in [3.63, 3.8) is 0 Å². The topological polar surface area (TPSA) is 100.0 Å². The van der Waals surface area contributed by atoms with Gasteiger partial charge in [0.1, 0.15) is 42.0 Å². The molecule has 2 aromatic heterocycles. The van der Waals surface area contributed by atoms with Crippen LogP contribution in [0.15, 0.2) is 66.2 Å². The number of rotatable bonds is 10. The highest BCUT2D eigenvalue weighted by Crippen LogP contribution is 2.28. The van der Waals surface area contributed by atoms with Gasteiger partial charge in [0.05, 0.1) is 18.8 Å². The van der Waals surface area contributed by atoms with Crippen molar-refractivity contribution in [2.45, 2.75) is 31.0 Å². The summed E-state index contributed by atoms with van der Waals surface area (Å²) >= 11 is 0. The van der Waals surface area contributed by atoms with Crippen molar-refractivity contribution < 1.29 is 36.2 Å².